The number of hydrogen-bond acceptors (Lipinski definition) is 3. The molecule has 0 spiro atoms. The number of benzene rings is 2. The highest BCUT2D eigenvalue weighted by Crippen LogP contribution is 2.36. The topological polar surface area (TPSA) is 55.2 Å². The third-order valence-corrected chi connectivity index (χ3v) is 5.01. The molecule has 0 aliphatic rings. The Kier molecular flexibility index (Phi) is 5.48. The van der Waals surface area contributed by atoms with Gasteiger partial charge in [0.2, 0.25) is 0 Å². The Balaban J connectivity index is 2.25. The maximum Gasteiger partial charge on any atom is 0.275 e. The molecule has 0 aliphatic carbocycles. The Bertz CT molecular complexity index is 711. The van der Waals surface area contributed by atoms with Crippen LogP contribution in [0.1, 0.15) is 5.56 Å². The standard InChI is InChI=1S/C13H8Br2Cl2N2O2/c14-8-2-1-7(11(5-8)19(20)21)6-18-10-4-3-9(15)12(16)13(10)17/h1-5,18H,6H2. The highest BCUT2D eigenvalue weighted by molar-refractivity contribution is 9.10. The van der Waals surface area contributed by atoms with Crippen molar-refractivity contribution in [1.82, 2.24) is 0 Å². The van der Waals surface area contributed by atoms with E-state index in [9.17, 15) is 10.1 Å². The molecule has 0 atom stereocenters. The van der Waals surface area contributed by atoms with Gasteiger partial charge in [-0.2, -0.15) is 0 Å². The van der Waals surface area contributed by atoms with Gasteiger partial charge in [-0.1, -0.05) is 39.1 Å². The van der Waals surface area contributed by atoms with Crippen LogP contribution < -0.4 is 5.32 Å². The number of anilines is 1. The van der Waals surface area contributed by atoms with E-state index in [1.54, 1.807) is 24.3 Å². The number of nitrogens with one attached hydrogen (secondary N) is 1. The lowest BCUT2D eigenvalue weighted by atomic mass is 10.1. The highest BCUT2D eigenvalue weighted by Gasteiger charge is 2.15. The van der Waals surface area contributed by atoms with E-state index in [1.165, 1.54) is 6.07 Å². The van der Waals surface area contributed by atoms with Crippen molar-refractivity contribution in [3.05, 3.63) is 65.0 Å². The summed E-state index contributed by atoms with van der Waals surface area (Å²) < 4.78 is 1.34. The minimum absolute atomic E-state index is 0.0382. The average Bonchev–Trinajstić information content (AvgIpc) is 2.45. The molecule has 0 aromatic heterocycles. The lowest BCUT2D eigenvalue weighted by Gasteiger charge is -2.11. The van der Waals surface area contributed by atoms with Gasteiger partial charge in [0.05, 0.1) is 20.7 Å². The molecule has 4 nitrogen and oxygen atoms in total. The normalized spacial score (nSPS) is 10.5. The first-order valence-corrected chi connectivity index (χ1v) is 8.04. The molecule has 2 aromatic carbocycles. The van der Waals surface area contributed by atoms with Gasteiger partial charge in [0.15, 0.2) is 0 Å². The molecule has 0 aliphatic heterocycles. The molecule has 0 fully saturated rings. The van der Waals surface area contributed by atoms with Crippen LogP contribution in [0.15, 0.2) is 39.3 Å². The summed E-state index contributed by atoms with van der Waals surface area (Å²) in [5.74, 6) is 0. The predicted octanol–water partition coefficient (Wildman–Crippen LogP) is 6.04. The van der Waals surface area contributed by atoms with Crippen molar-refractivity contribution in [2.75, 3.05) is 5.32 Å². The Labute approximate surface area is 147 Å². The minimum Gasteiger partial charge on any atom is -0.379 e. The third kappa shape index (κ3) is 3.88. The van der Waals surface area contributed by atoms with Crippen molar-refractivity contribution in [2.45, 2.75) is 6.54 Å². The van der Waals surface area contributed by atoms with Crippen LogP contribution in [0.5, 0.6) is 0 Å². The fraction of sp³-hybridized carbons (Fsp3) is 0.0769. The van der Waals surface area contributed by atoms with Gasteiger partial charge in [-0.15, -0.1) is 0 Å². The quantitative estimate of drug-likeness (QED) is 0.348. The highest BCUT2D eigenvalue weighted by atomic mass is 79.9. The summed E-state index contributed by atoms with van der Waals surface area (Å²) in [6.07, 6.45) is 0. The van der Waals surface area contributed by atoms with Gasteiger partial charge < -0.3 is 5.32 Å². The molecular weight excluding hydrogens is 447 g/mol. The maximum atomic E-state index is 11.1. The van der Waals surface area contributed by atoms with Crippen LogP contribution in [0, 0.1) is 10.1 Å². The zero-order chi connectivity index (χ0) is 15.6. The number of hydrogen-bond donors (Lipinski definition) is 1. The second-order valence-corrected chi connectivity index (χ2v) is 6.63. The fourth-order valence-electron chi connectivity index (χ4n) is 1.71. The Morgan fingerprint density at radius 3 is 2.52 bits per heavy atom. The smallest absolute Gasteiger partial charge is 0.275 e. The summed E-state index contributed by atoms with van der Waals surface area (Å²) in [5, 5.41) is 14.9. The molecular formula is C13H8Br2Cl2N2O2. The molecule has 0 bridgehead atoms. The van der Waals surface area contributed by atoms with Crippen molar-refractivity contribution in [3.8, 4) is 0 Å². The van der Waals surface area contributed by atoms with Crippen LogP contribution in [0.25, 0.3) is 0 Å². The second kappa shape index (κ2) is 6.96. The zero-order valence-corrected chi connectivity index (χ0v) is 15.1. The summed E-state index contributed by atoms with van der Waals surface area (Å²) in [5.41, 5.74) is 1.21. The summed E-state index contributed by atoms with van der Waals surface area (Å²) in [7, 11) is 0. The Morgan fingerprint density at radius 1 is 1.14 bits per heavy atom. The van der Waals surface area contributed by atoms with Gasteiger partial charge in [0.1, 0.15) is 0 Å². The number of nitrogens with zero attached hydrogens (tertiary/aromatic N) is 1. The van der Waals surface area contributed by atoms with Gasteiger partial charge in [-0.3, -0.25) is 10.1 Å². The lowest BCUT2D eigenvalue weighted by Crippen LogP contribution is -2.03. The van der Waals surface area contributed by atoms with E-state index in [0.29, 0.717) is 30.2 Å². The molecule has 110 valence electrons. The van der Waals surface area contributed by atoms with E-state index in [4.69, 9.17) is 23.2 Å². The molecule has 0 heterocycles. The first-order chi connectivity index (χ1) is 9.90. The van der Waals surface area contributed by atoms with Gasteiger partial charge >= 0.3 is 0 Å². The van der Waals surface area contributed by atoms with Crippen molar-refractivity contribution in [3.63, 3.8) is 0 Å². The number of halogens is 4. The van der Waals surface area contributed by atoms with E-state index in [1.807, 2.05) is 0 Å². The summed E-state index contributed by atoms with van der Waals surface area (Å²) in [6.45, 7) is 0.265. The molecule has 0 saturated heterocycles. The summed E-state index contributed by atoms with van der Waals surface area (Å²) in [4.78, 5) is 10.6. The van der Waals surface area contributed by atoms with Crippen molar-refractivity contribution in [1.29, 1.82) is 0 Å². The van der Waals surface area contributed by atoms with E-state index in [-0.39, 0.29) is 12.2 Å². The largest absolute Gasteiger partial charge is 0.379 e. The van der Waals surface area contributed by atoms with Crippen LogP contribution in [0.3, 0.4) is 0 Å². The SMILES string of the molecule is O=[N+]([O-])c1cc(Br)ccc1CNc1ccc(Br)c(Cl)c1Cl. The number of rotatable bonds is 4. The second-order valence-electron chi connectivity index (χ2n) is 4.11. The van der Waals surface area contributed by atoms with Gasteiger partial charge in [-0.05, 0) is 40.2 Å². The van der Waals surface area contributed by atoms with Crippen molar-refractivity contribution < 1.29 is 4.92 Å². The first kappa shape index (κ1) is 16.5. The van der Waals surface area contributed by atoms with Crippen LogP contribution in [-0.2, 0) is 6.54 Å². The molecule has 21 heavy (non-hydrogen) atoms. The van der Waals surface area contributed by atoms with Gasteiger partial charge in [-0.25, -0.2) is 0 Å². The third-order valence-electron chi connectivity index (χ3n) is 2.75. The molecule has 0 saturated carbocycles. The molecule has 0 radical (unpaired) electrons. The molecule has 1 N–H and O–H groups in total. The first-order valence-electron chi connectivity index (χ1n) is 5.70. The number of nitro benzene ring substituents is 1. The van der Waals surface area contributed by atoms with Gasteiger partial charge in [0.25, 0.3) is 5.69 Å². The minimum atomic E-state index is -0.419. The Morgan fingerprint density at radius 2 is 1.86 bits per heavy atom. The summed E-state index contributed by atoms with van der Waals surface area (Å²) in [6, 6.07) is 8.41. The predicted molar refractivity (Wildman–Crippen MR) is 92.3 cm³/mol. The fourth-order valence-corrected chi connectivity index (χ4v) is 2.90. The lowest BCUT2D eigenvalue weighted by molar-refractivity contribution is -0.385. The molecule has 2 rings (SSSR count). The van der Waals surface area contributed by atoms with E-state index < -0.39 is 4.92 Å². The maximum absolute atomic E-state index is 11.1. The van der Waals surface area contributed by atoms with E-state index >= 15 is 0 Å². The van der Waals surface area contributed by atoms with E-state index in [0.717, 1.165) is 0 Å². The molecule has 0 amide bonds. The van der Waals surface area contributed by atoms with Crippen LogP contribution >= 0.6 is 55.1 Å². The summed E-state index contributed by atoms with van der Waals surface area (Å²) >= 11 is 18.7. The van der Waals surface area contributed by atoms with Crippen molar-refractivity contribution >= 4 is 66.4 Å². The molecule has 2 aromatic rings. The molecule has 8 heteroatoms. The van der Waals surface area contributed by atoms with E-state index in [2.05, 4.69) is 37.2 Å². The monoisotopic (exact) mass is 452 g/mol. The number of nitro groups is 1. The van der Waals surface area contributed by atoms with Crippen LogP contribution in [0.4, 0.5) is 11.4 Å². The van der Waals surface area contributed by atoms with Gasteiger partial charge in [0, 0.05) is 27.1 Å². The Hall–Kier alpha value is -0.820. The van der Waals surface area contributed by atoms with Crippen LogP contribution in [0.2, 0.25) is 10.0 Å². The zero-order valence-electron chi connectivity index (χ0n) is 10.4. The van der Waals surface area contributed by atoms with Crippen molar-refractivity contribution in [2.24, 2.45) is 0 Å². The molecule has 0 unspecified atom stereocenters. The van der Waals surface area contributed by atoms with Crippen LogP contribution in [-0.4, -0.2) is 4.92 Å². The average molecular weight is 455 g/mol.